The molecule has 0 aliphatic carbocycles. The van der Waals surface area contributed by atoms with Crippen molar-refractivity contribution in [2.24, 2.45) is 0 Å². The predicted octanol–water partition coefficient (Wildman–Crippen LogP) is 1.30. The summed E-state index contributed by atoms with van der Waals surface area (Å²) in [6.45, 7) is 9.12. The van der Waals surface area contributed by atoms with Gasteiger partial charge in [-0.2, -0.15) is 0 Å². The number of rotatable bonds is 1. The number of hydrogen-bond donors (Lipinski definition) is 1. The highest BCUT2D eigenvalue weighted by Crippen LogP contribution is 2.24. The van der Waals surface area contributed by atoms with E-state index in [2.05, 4.69) is 35.6 Å². The molecule has 1 aliphatic heterocycles. The maximum atomic E-state index is 5.73. The number of ether oxygens (including phenoxy) is 1. The van der Waals surface area contributed by atoms with Gasteiger partial charge < -0.3 is 14.6 Å². The van der Waals surface area contributed by atoms with Crippen LogP contribution in [-0.4, -0.2) is 29.2 Å². The van der Waals surface area contributed by atoms with Crippen molar-refractivity contribution >= 4 is 0 Å². The van der Waals surface area contributed by atoms with Crippen molar-refractivity contribution in [2.45, 2.75) is 32.4 Å². The van der Waals surface area contributed by atoms with Crippen LogP contribution in [0.5, 0.6) is 0 Å². The van der Waals surface area contributed by atoms with E-state index < -0.39 is 0 Å². The standard InChI is InChI=1S/C11H19N3O/c1-11(2,3)14-8-13-6-9(14)10-7-12-4-5-15-10/h6,8,10,12H,4-5,7H2,1-3H3. The second-order valence-electron chi connectivity index (χ2n) is 4.92. The van der Waals surface area contributed by atoms with Crippen LogP contribution in [0.3, 0.4) is 0 Å². The summed E-state index contributed by atoms with van der Waals surface area (Å²) in [5, 5.41) is 3.34. The van der Waals surface area contributed by atoms with Crippen LogP contribution in [0.1, 0.15) is 32.6 Å². The number of aromatic nitrogens is 2. The maximum absolute atomic E-state index is 5.73. The summed E-state index contributed by atoms with van der Waals surface area (Å²) < 4.78 is 7.92. The Balaban J connectivity index is 2.24. The minimum atomic E-state index is 0.0621. The average molecular weight is 209 g/mol. The van der Waals surface area contributed by atoms with E-state index in [1.807, 2.05) is 12.5 Å². The molecule has 1 atom stereocenters. The molecule has 0 spiro atoms. The van der Waals surface area contributed by atoms with Gasteiger partial charge in [0, 0.05) is 18.6 Å². The highest BCUT2D eigenvalue weighted by molar-refractivity contribution is 5.07. The van der Waals surface area contributed by atoms with Crippen molar-refractivity contribution in [3.63, 3.8) is 0 Å². The first-order valence-corrected chi connectivity index (χ1v) is 5.44. The lowest BCUT2D eigenvalue weighted by atomic mass is 10.1. The summed E-state index contributed by atoms with van der Waals surface area (Å²) in [6, 6.07) is 0. The molecule has 0 aromatic carbocycles. The van der Waals surface area contributed by atoms with Gasteiger partial charge in [0.05, 0.1) is 24.8 Å². The molecule has 0 radical (unpaired) electrons. The Labute approximate surface area is 90.6 Å². The van der Waals surface area contributed by atoms with Crippen molar-refractivity contribution < 1.29 is 4.74 Å². The van der Waals surface area contributed by atoms with Crippen LogP contribution in [0.4, 0.5) is 0 Å². The molecule has 0 saturated carbocycles. The third kappa shape index (κ3) is 2.21. The Hall–Kier alpha value is -0.870. The van der Waals surface area contributed by atoms with Crippen LogP contribution >= 0.6 is 0 Å². The Morgan fingerprint density at radius 3 is 2.93 bits per heavy atom. The number of morpholine rings is 1. The highest BCUT2D eigenvalue weighted by Gasteiger charge is 2.24. The van der Waals surface area contributed by atoms with Crippen LogP contribution in [0.25, 0.3) is 0 Å². The van der Waals surface area contributed by atoms with Crippen molar-refractivity contribution in [1.29, 1.82) is 0 Å². The summed E-state index contributed by atoms with van der Waals surface area (Å²) in [7, 11) is 0. The summed E-state index contributed by atoms with van der Waals surface area (Å²) in [6.07, 6.45) is 3.93. The lowest BCUT2D eigenvalue weighted by Gasteiger charge is -2.29. The molecular weight excluding hydrogens is 190 g/mol. The van der Waals surface area contributed by atoms with Crippen LogP contribution in [0.15, 0.2) is 12.5 Å². The van der Waals surface area contributed by atoms with E-state index in [9.17, 15) is 0 Å². The van der Waals surface area contributed by atoms with Crippen LogP contribution < -0.4 is 5.32 Å². The van der Waals surface area contributed by atoms with E-state index in [1.54, 1.807) is 0 Å². The molecule has 1 aromatic heterocycles. The fraction of sp³-hybridized carbons (Fsp3) is 0.727. The fourth-order valence-electron chi connectivity index (χ4n) is 1.86. The molecule has 2 heterocycles. The van der Waals surface area contributed by atoms with Crippen molar-refractivity contribution in [1.82, 2.24) is 14.9 Å². The summed E-state index contributed by atoms with van der Waals surface area (Å²) in [5.41, 5.74) is 1.22. The molecule has 1 saturated heterocycles. The van der Waals surface area contributed by atoms with Crippen molar-refractivity contribution in [3.05, 3.63) is 18.2 Å². The second-order valence-corrected chi connectivity index (χ2v) is 4.92. The molecular formula is C11H19N3O. The van der Waals surface area contributed by atoms with Gasteiger partial charge in [-0.3, -0.25) is 0 Å². The van der Waals surface area contributed by atoms with Gasteiger partial charge in [0.15, 0.2) is 0 Å². The number of nitrogens with one attached hydrogen (secondary N) is 1. The van der Waals surface area contributed by atoms with Gasteiger partial charge in [-0.15, -0.1) is 0 Å². The van der Waals surface area contributed by atoms with Crippen LogP contribution in [-0.2, 0) is 10.3 Å². The molecule has 1 N–H and O–H groups in total. The smallest absolute Gasteiger partial charge is 0.111 e. The van der Waals surface area contributed by atoms with Crippen LogP contribution in [0, 0.1) is 0 Å². The third-order valence-electron chi connectivity index (χ3n) is 2.65. The molecule has 1 unspecified atom stereocenters. The summed E-state index contributed by atoms with van der Waals surface area (Å²) in [5.74, 6) is 0. The normalized spacial score (nSPS) is 23.0. The van der Waals surface area contributed by atoms with E-state index >= 15 is 0 Å². The van der Waals surface area contributed by atoms with Gasteiger partial charge in [0.2, 0.25) is 0 Å². The minimum Gasteiger partial charge on any atom is -0.369 e. The fourth-order valence-corrected chi connectivity index (χ4v) is 1.86. The zero-order valence-electron chi connectivity index (χ0n) is 9.66. The minimum absolute atomic E-state index is 0.0621. The van der Waals surface area contributed by atoms with Gasteiger partial charge >= 0.3 is 0 Å². The first-order valence-electron chi connectivity index (χ1n) is 5.44. The van der Waals surface area contributed by atoms with E-state index in [0.29, 0.717) is 0 Å². The van der Waals surface area contributed by atoms with Crippen molar-refractivity contribution in [2.75, 3.05) is 19.7 Å². The molecule has 1 fully saturated rings. The summed E-state index contributed by atoms with van der Waals surface area (Å²) >= 11 is 0. The number of nitrogens with zero attached hydrogens (tertiary/aromatic N) is 2. The first kappa shape index (κ1) is 10.6. The average Bonchev–Trinajstić information content (AvgIpc) is 2.67. The quantitative estimate of drug-likeness (QED) is 0.757. The molecule has 0 bridgehead atoms. The Kier molecular flexibility index (Phi) is 2.80. The predicted molar refractivity (Wildman–Crippen MR) is 58.8 cm³/mol. The first-order chi connectivity index (χ1) is 7.09. The molecule has 2 rings (SSSR count). The largest absolute Gasteiger partial charge is 0.369 e. The van der Waals surface area contributed by atoms with E-state index in [4.69, 9.17) is 4.74 Å². The molecule has 1 aromatic rings. The zero-order chi connectivity index (χ0) is 10.9. The van der Waals surface area contributed by atoms with Gasteiger partial charge in [-0.05, 0) is 20.8 Å². The Morgan fingerprint density at radius 2 is 2.33 bits per heavy atom. The van der Waals surface area contributed by atoms with Crippen LogP contribution in [0.2, 0.25) is 0 Å². The number of hydrogen-bond acceptors (Lipinski definition) is 3. The zero-order valence-corrected chi connectivity index (χ0v) is 9.66. The monoisotopic (exact) mass is 209 g/mol. The van der Waals surface area contributed by atoms with Gasteiger partial charge in [-0.25, -0.2) is 4.98 Å². The topological polar surface area (TPSA) is 39.1 Å². The summed E-state index contributed by atoms with van der Waals surface area (Å²) in [4.78, 5) is 4.22. The second kappa shape index (κ2) is 3.94. The molecule has 4 nitrogen and oxygen atoms in total. The van der Waals surface area contributed by atoms with Gasteiger partial charge in [0.25, 0.3) is 0 Å². The van der Waals surface area contributed by atoms with E-state index in [0.717, 1.165) is 25.4 Å². The highest BCUT2D eigenvalue weighted by atomic mass is 16.5. The third-order valence-corrected chi connectivity index (χ3v) is 2.65. The Morgan fingerprint density at radius 1 is 1.53 bits per heavy atom. The van der Waals surface area contributed by atoms with Crippen molar-refractivity contribution in [3.8, 4) is 0 Å². The molecule has 15 heavy (non-hydrogen) atoms. The molecule has 4 heteroatoms. The van der Waals surface area contributed by atoms with Gasteiger partial charge in [0.1, 0.15) is 6.10 Å². The van der Waals surface area contributed by atoms with E-state index in [-0.39, 0.29) is 11.6 Å². The number of imidazole rings is 1. The lowest BCUT2D eigenvalue weighted by molar-refractivity contribution is 0.0207. The molecule has 1 aliphatic rings. The maximum Gasteiger partial charge on any atom is 0.111 e. The SMILES string of the molecule is CC(C)(C)n1cncc1C1CNCCO1. The molecule has 84 valence electrons. The molecule has 0 amide bonds. The lowest BCUT2D eigenvalue weighted by Crippen LogP contribution is -2.36. The van der Waals surface area contributed by atoms with E-state index in [1.165, 1.54) is 0 Å². The Bertz CT molecular complexity index is 321. The van der Waals surface area contributed by atoms with Gasteiger partial charge in [-0.1, -0.05) is 0 Å².